The molecule has 1 N–H and O–H groups in total. The summed E-state index contributed by atoms with van der Waals surface area (Å²) in [6.07, 6.45) is 1.62. The molecule has 2 amide bonds. The Kier molecular flexibility index (Phi) is 9.56. The van der Waals surface area contributed by atoms with Gasteiger partial charge in [0.05, 0.1) is 17.9 Å². The van der Waals surface area contributed by atoms with E-state index in [0.717, 1.165) is 12.8 Å². The molecule has 0 bridgehead atoms. The van der Waals surface area contributed by atoms with Gasteiger partial charge < -0.3 is 10.1 Å². The molecule has 1 heterocycles. The zero-order valence-electron chi connectivity index (χ0n) is 20.9. The minimum atomic E-state index is -0.649. The predicted octanol–water partition coefficient (Wildman–Crippen LogP) is 6.11. The van der Waals surface area contributed by atoms with E-state index in [2.05, 4.69) is 17.4 Å². The number of anilines is 1. The van der Waals surface area contributed by atoms with E-state index in [1.165, 1.54) is 17.3 Å². The number of aryl methyl sites for hydroxylation is 1. The lowest BCUT2D eigenvalue weighted by molar-refractivity contribution is -0.129. The van der Waals surface area contributed by atoms with Crippen LogP contribution in [0.1, 0.15) is 35.7 Å². The third-order valence-corrected chi connectivity index (χ3v) is 7.24. The number of amides is 2. The van der Waals surface area contributed by atoms with Crippen molar-refractivity contribution < 1.29 is 19.1 Å². The topological polar surface area (TPSA) is 88.1 Å². The van der Waals surface area contributed by atoms with Crippen molar-refractivity contribution in [3.63, 3.8) is 0 Å². The quantitative estimate of drug-likeness (QED) is 0.325. The molecule has 3 aromatic carbocycles. The molecular formula is C29H28ClN3O4S. The molecule has 1 aliphatic rings. The van der Waals surface area contributed by atoms with Gasteiger partial charge >= 0.3 is 5.97 Å². The summed E-state index contributed by atoms with van der Waals surface area (Å²) in [5.41, 5.74) is 2.74. The first-order valence-corrected chi connectivity index (χ1v) is 13.6. The Morgan fingerprint density at radius 2 is 1.84 bits per heavy atom. The Balaban J connectivity index is 1.53. The summed E-state index contributed by atoms with van der Waals surface area (Å²) in [6.45, 7) is 2.52. The average Bonchev–Trinajstić information content (AvgIpc) is 2.91. The number of hydrogen-bond acceptors (Lipinski definition) is 6. The van der Waals surface area contributed by atoms with E-state index in [0.29, 0.717) is 33.7 Å². The van der Waals surface area contributed by atoms with Gasteiger partial charge in [-0.1, -0.05) is 59.8 Å². The molecular weight excluding hydrogens is 522 g/mol. The maximum Gasteiger partial charge on any atom is 0.338 e. The van der Waals surface area contributed by atoms with E-state index in [-0.39, 0.29) is 24.8 Å². The van der Waals surface area contributed by atoms with Gasteiger partial charge in [-0.25, -0.2) is 9.79 Å². The highest BCUT2D eigenvalue weighted by atomic mass is 35.5. The van der Waals surface area contributed by atoms with Gasteiger partial charge in [0.25, 0.3) is 0 Å². The van der Waals surface area contributed by atoms with Gasteiger partial charge in [-0.15, -0.1) is 0 Å². The zero-order chi connectivity index (χ0) is 26.9. The zero-order valence-corrected chi connectivity index (χ0v) is 22.5. The number of nitrogens with one attached hydrogen (secondary N) is 1. The highest BCUT2D eigenvalue weighted by Gasteiger charge is 2.35. The number of halogens is 1. The first-order valence-electron chi connectivity index (χ1n) is 12.4. The number of esters is 1. The lowest BCUT2D eigenvalue weighted by atomic mass is 10.1. The fourth-order valence-electron chi connectivity index (χ4n) is 3.93. The summed E-state index contributed by atoms with van der Waals surface area (Å²) in [4.78, 5) is 44.7. The van der Waals surface area contributed by atoms with Crippen LogP contribution in [0.5, 0.6) is 0 Å². The molecule has 1 saturated heterocycles. The first-order chi connectivity index (χ1) is 18.4. The number of thioether (sulfide) groups is 1. The lowest BCUT2D eigenvalue weighted by Gasteiger charge is -2.32. The summed E-state index contributed by atoms with van der Waals surface area (Å²) in [5, 5.41) is 3.16. The summed E-state index contributed by atoms with van der Waals surface area (Å²) in [7, 11) is 0. The van der Waals surface area contributed by atoms with Crippen molar-refractivity contribution in [1.82, 2.24) is 4.90 Å². The molecule has 38 heavy (non-hydrogen) atoms. The van der Waals surface area contributed by atoms with E-state index in [4.69, 9.17) is 21.3 Å². The van der Waals surface area contributed by atoms with Crippen LogP contribution < -0.4 is 5.32 Å². The molecule has 1 atom stereocenters. The third kappa shape index (κ3) is 7.46. The number of carbonyl (C=O) groups is 3. The Morgan fingerprint density at radius 1 is 1.08 bits per heavy atom. The van der Waals surface area contributed by atoms with E-state index >= 15 is 0 Å². The maximum absolute atomic E-state index is 13.2. The summed E-state index contributed by atoms with van der Waals surface area (Å²) in [5.74, 6) is -0.862. The molecule has 7 nitrogen and oxygen atoms in total. The fraction of sp³-hybridized carbons (Fsp3) is 0.241. The number of benzene rings is 3. The fourth-order valence-corrected chi connectivity index (χ4v) is 5.25. The molecule has 1 aliphatic heterocycles. The molecule has 0 aromatic heterocycles. The smallest absolute Gasteiger partial charge is 0.338 e. The highest BCUT2D eigenvalue weighted by molar-refractivity contribution is 8.15. The van der Waals surface area contributed by atoms with Crippen LogP contribution in [0.25, 0.3) is 0 Å². The highest BCUT2D eigenvalue weighted by Crippen LogP contribution is 2.30. The van der Waals surface area contributed by atoms with Gasteiger partial charge in [0, 0.05) is 23.7 Å². The van der Waals surface area contributed by atoms with Crippen molar-refractivity contribution >= 4 is 57.7 Å². The molecule has 3 aromatic rings. The van der Waals surface area contributed by atoms with Gasteiger partial charge in [-0.3, -0.25) is 14.5 Å². The van der Waals surface area contributed by atoms with E-state index < -0.39 is 11.2 Å². The van der Waals surface area contributed by atoms with Crippen molar-refractivity contribution in [3.8, 4) is 0 Å². The van der Waals surface area contributed by atoms with Gasteiger partial charge in [0.2, 0.25) is 11.8 Å². The van der Waals surface area contributed by atoms with Crippen molar-refractivity contribution in [2.45, 2.75) is 31.4 Å². The van der Waals surface area contributed by atoms with Crippen molar-refractivity contribution in [2.75, 3.05) is 18.5 Å². The monoisotopic (exact) mass is 549 g/mol. The summed E-state index contributed by atoms with van der Waals surface area (Å²) < 4.78 is 5.04. The number of hydrogen-bond donors (Lipinski definition) is 1. The van der Waals surface area contributed by atoms with Crippen LogP contribution in [0.2, 0.25) is 5.02 Å². The van der Waals surface area contributed by atoms with Crippen molar-refractivity contribution in [3.05, 3.63) is 95.0 Å². The second-order valence-corrected chi connectivity index (χ2v) is 10.2. The normalized spacial score (nSPS) is 16.4. The molecule has 0 aliphatic carbocycles. The average molecular weight is 550 g/mol. The van der Waals surface area contributed by atoms with Crippen LogP contribution in [-0.4, -0.2) is 46.3 Å². The minimum absolute atomic E-state index is 0.0587. The van der Waals surface area contributed by atoms with Crippen LogP contribution in [-0.2, 0) is 20.7 Å². The second-order valence-electron chi connectivity index (χ2n) is 8.61. The molecule has 4 rings (SSSR count). The molecule has 0 spiro atoms. The number of carbonyl (C=O) groups excluding carboxylic acids is 3. The minimum Gasteiger partial charge on any atom is -0.462 e. The Labute approximate surface area is 231 Å². The van der Waals surface area contributed by atoms with Crippen LogP contribution >= 0.6 is 23.4 Å². The first kappa shape index (κ1) is 27.4. The largest absolute Gasteiger partial charge is 0.462 e. The van der Waals surface area contributed by atoms with Crippen LogP contribution in [0.3, 0.4) is 0 Å². The Morgan fingerprint density at radius 3 is 2.55 bits per heavy atom. The van der Waals surface area contributed by atoms with E-state index in [1.54, 1.807) is 60.4 Å². The van der Waals surface area contributed by atoms with Gasteiger partial charge in [-0.2, -0.15) is 0 Å². The van der Waals surface area contributed by atoms with Crippen LogP contribution in [0.15, 0.2) is 83.9 Å². The van der Waals surface area contributed by atoms with E-state index in [9.17, 15) is 14.4 Å². The lowest BCUT2D eigenvalue weighted by Crippen LogP contribution is -2.45. The van der Waals surface area contributed by atoms with Gasteiger partial charge in [0.15, 0.2) is 5.17 Å². The number of ether oxygens (including phenoxy) is 1. The van der Waals surface area contributed by atoms with Gasteiger partial charge in [0.1, 0.15) is 5.25 Å². The second kappa shape index (κ2) is 13.3. The molecule has 196 valence electrons. The molecule has 0 radical (unpaired) electrons. The molecule has 9 heteroatoms. The van der Waals surface area contributed by atoms with Crippen molar-refractivity contribution in [1.29, 1.82) is 0 Å². The Bertz CT molecular complexity index is 1310. The van der Waals surface area contributed by atoms with Crippen LogP contribution in [0, 0.1) is 0 Å². The molecule has 1 unspecified atom stereocenters. The van der Waals surface area contributed by atoms with E-state index in [1.807, 2.05) is 18.2 Å². The van der Waals surface area contributed by atoms with Gasteiger partial charge in [-0.05, 0) is 67.8 Å². The third-order valence-electron chi connectivity index (χ3n) is 5.82. The van der Waals surface area contributed by atoms with Crippen LogP contribution in [0.4, 0.5) is 11.4 Å². The van der Waals surface area contributed by atoms with Crippen molar-refractivity contribution in [2.24, 2.45) is 4.99 Å². The SMILES string of the molecule is CCOC(=O)c1ccc(N=C2SC(C(=O)Nc3cccc(Cl)c3)CC(=O)N2CCCc2ccccc2)cc1. The Hall–Kier alpha value is -3.62. The number of rotatable bonds is 9. The number of nitrogens with zero attached hydrogens (tertiary/aromatic N) is 2. The number of amidine groups is 1. The molecule has 1 fully saturated rings. The number of aliphatic imine (C=N–C) groups is 1. The summed E-state index contributed by atoms with van der Waals surface area (Å²) in [6, 6.07) is 23.6. The summed E-state index contributed by atoms with van der Waals surface area (Å²) >= 11 is 7.30. The standard InChI is InChI=1S/C29H28ClN3O4S/c1-2-37-28(36)21-13-15-23(16-14-21)32-29-33(17-7-10-20-8-4-3-5-9-20)26(34)19-25(38-29)27(35)31-24-12-6-11-22(30)18-24/h3-6,8-9,11-16,18,25H,2,7,10,17,19H2,1H3,(H,31,35). The maximum atomic E-state index is 13.2. The predicted molar refractivity (Wildman–Crippen MR) is 152 cm³/mol. The molecule has 0 saturated carbocycles.